The summed E-state index contributed by atoms with van der Waals surface area (Å²) in [6, 6.07) is 10.9. The van der Waals surface area contributed by atoms with E-state index in [4.69, 9.17) is 21.1 Å². The van der Waals surface area contributed by atoms with Crippen LogP contribution in [0.2, 0.25) is 5.02 Å². The molecule has 1 aromatic heterocycles. The van der Waals surface area contributed by atoms with Gasteiger partial charge in [0.15, 0.2) is 4.80 Å². The van der Waals surface area contributed by atoms with Crippen LogP contribution < -0.4 is 9.54 Å². The number of rotatable bonds is 6. The van der Waals surface area contributed by atoms with E-state index in [2.05, 4.69) is 4.99 Å². The summed E-state index contributed by atoms with van der Waals surface area (Å²) < 4.78 is 13.8. The second-order valence-corrected chi connectivity index (χ2v) is 7.29. The summed E-state index contributed by atoms with van der Waals surface area (Å²) in [4.78, 5) is 17.8. The van der Waals surface area contributed by atoms with Crippen LogP contribution in [-0.2, 0) is 11.3 Å². The smallest absolute Gasteiger partial charge is 0.283 e. The molecule has 0 unspecified atom stereocenters. The quantitative estimate of drug-likeness (QED) is 0.570. The molecule has 0 N–H and O–H groups in total. The first-order chi connectivity index (χ1) is 13.1. The molecule has 2 aromatic carbocycles. The molecule has 27 heavy (non-hydrogen) atoms. The Balaban J connectivity index is 2.14. The lowest BCUT2D eigenvalue weighted by Gasteiger charge is -2.08. The molecule has 0 aliphatic carbocycles. The van der Waals surface area contributed by atoms with Crippen LogP contribution >= 0.6 is 22.9 Å². The summed E-state index contributed by atoms with van der Waals surface area (Å²) in [6.07, 6.45) is 0. The van der Waals surface area contributed by atoms with Gasteiger partial charge in [-0.2, -0.15) is 4.99 Å². The van der Waals surface area contributed by atoms with E-state index in [1.807, 2.05) is 36.6 Å². The number of aryl methyl sites for hydroxylation is 1. The second-order valence-electron chi connectivity index (χ2n) is 5.87. The number of methoxy groups -OCH3 is 1. The molecule has 3 rings (SSSR count). The highest BCUT2D eigenvalue weighted by molar-refractivity contribution is 7.16. The fourth-order valence-corrected chi connectivity index (χ4v) is 4.14. The first kappa shape index (κ1) is 19.6. The van der Waals surface area contributed by atoms with Gasteiger partial charge in [-0.15, -0.1) is 0 Å². The Morgan fingerprint density at radius 1 is 1.26 bits per heavy atom. The van der Waals surface area contributed by atoms with Crippen molar-refractivity contribution in [2.45, 2.75) is 20.4 Å². The van der Waals surface area contributed by atoms with Gasteiger partial charge in [-0.3, -0.25) is 4.79 Å². The van der Waals surface area contributed by atoms with Crippen molar-refractivity contribution in [2.75, 3.05) is 20.3 Å². The number of ether oxygens (including phenoxy) is 2. The van der Waals surface area contributed by atoms with Crippen molar-refractivity contribution in [1.29, 1.82) is 0 Å². The van der Waals surface area contributed by atoms with Gasteiger partial charge in [-0.25, -0.2) is 0 Å². The summed E-state index contributed by atoms with van der Waals surface area (Å²) in [6.45, 7) is 5.68. The highest BCUT2D eigenvalue weighted by Crippen LogP contribution is 2.27. The van der Waals surface area contributed by atoms with Crippen LogP contribution in [0.1, 0.15) is 22.8 Å². The van der Waals surface area contributed by atoms with Crippen molar-refractivity contribution in [3.63, 3.8) is 0 Å². The van der Waals surface area contributed by atoms with Gasteiger partial charge in [0, 0.05) is 18.2 Å². The molecule has 0 bridgehead atoms. The molecule has 5 nitrogen and oxygen atoms in total. The van der Waals surface area contributed by atoms with E-state index in [1.165, 1.54) is 11.3 Å². The number of amides is 1. The maximum atomic E-state index is 12.8. The zero-order valence-electron chi connectivity index (χ0n) is 15.5. The third-order valence-corrected chi connectivity index (χ3v) is 5.68. The van der Waals surface area contributed by atoms with Crippen molar-refractivity contribution in [3.8, 4) is 5.75 Å². The Hall–Kier alpha value is -2.15. The summed E-state index contributed by atoms with van der Waals surface area (Å²) in [5, 5.41) is 0.688. The van der Waals surface area contributed by atoms with Gasteiger partial charge in [0.05, 0.1) is 29.5 Å². The molecule has 0 aliphatic heterocycles. The van der Waals surface area contributed by atoms with Crippen molar-refractivity contribution in [3.05, 3.63) is 57.3 Å². The lowest BCUT2D eigenvalue weighted by molar-refractivity contribution is 0.0993. The number of aromatic nitrogens is 1. The third-order valence-electron chi connectivity index (χ3n) is 4.23. The van der Waals surface area contributed by atoms with Gasteiger partial charge in [0.25, 0.3) is 5.91 Å². The molecule has 0 aliphatic rings. The van der Waals surface area contributed by atoms with Crippen molar-refractivity contribution < 1.29 is 14.3 Å². The van der Waals surface area contributed by atoms with Crippen molar-refractivity contribution in [1.82, 2.24) is 4.57 Å². The number of benzene rings is 2. The molecule has 0 saturated heterocycles. The Bertz CT molecular complexity index is 1040. The normalized spacial score (nSPS) is 11.9. The van der Waals surface area contributed by atoms with E-state index in [9.17, 15) is 4.79 Å². The van der Waals surface area contributed by atoms with Crippen LogP contribution in [0.4, 0.5) is 0 Å². The summed E-state index contributed by atoms with van der Waals surface area (Å²) >= 11 is 7.78. The lowest BCUT2D eigenvalue weighted by atomic mass is 10.2. The topological polar surface area (TPSA) is 52.8 Å². The predicted octanol–water partition coefficient (Wildman–Crippen LogP) is 4.45. The molecule has 0 fully saturated rings. The third kappa shape index (κ3) is 4.08. The van der Waals surface area contributed by atoms with Crippen LogP contribution in [-0.4, -0.2) is 30.8 Å². The largest absolute Gasteiger partial charge is 0.496 e. The Kier molecular flexibility index (Phi) is 6.31. The number of thiazole rings is 1. The highest BCUT2D eigenvalue weighted by atomic mass is 35.5. The minimum Gasteiger partial charge on any atom is -0.496 e. The first-order valence-electron chi connectivity index (χ1n) is 8.65. The predicted molar refractivity (Wildman–Crippen MR) is 109 cm³/mol. The van der Waals surface area contributed by atoms with Gasteiger partial charge in [0.2, 0.25) is 0 Å². The highest BCUT2D eigenvalue weighted by Gasteiger charge is 2.14. The summed E-state index contributed by atoms with van der Waals surface area (Å²) in [7, 11) is 1.54. The molecule has 142 valence electrons. The molecule has 1 amide bonds. The van der Waals surface area contributed by atoms with E-state index in [-0.39, 0.29) is 5.91 Å². The molecule has 3 aromatic rings. The first-order valence-corrected chi connectivity index (χ1v) is 9.84. The lowest BCUT2D eigenvalue weighted by Crippen LogP contribution is -2.20. The van der Waals surface area contributed by atoms with Crippen molar-refractivity contribution >= 4 is 39.1 Å². The monoisotopic (exact) mass is 404 g/mol. The molecule has 1 heterocycles. The number of nitrogens with zero attached hydrogens (tertiary/aromatic N) is 2. The number of carbonyl (C=O) groups excluding carboxylic acids is 1. The SMILES string of the molecule is CCOCCn1c(=NC(=O)c2ccccc2OC)sc2ccc(Cl)c(C)c21. The van der Waals surface area contributed by atoms with Gasteiger partial charge in [0.1, 0.15) is 5.75 Å². The number of hydrogen-bond donors (Lipinski definition) is 0. The molecular formula is C20H21ClN2O3S. The van der Waals surface area contributed by atoms with Gasteiger partial charge in [-0.05, 0) is 43.7 Å². The number of carbonyl (C=O) groups is 1. The molecule has 7 heteroatoms. The average Bonchev–Trinajstić information content (AvgIpc) is 3.02. The van der Waals surface area contributed by atoms with Crippen LogP contribution in [0.3, 0.4) is 0 Å². The zero-order valence-corrected chi connectivity index (χ0v) is 17.1. The van der Waals surface area contributed by atoms with Crippen LogP contribution in [0.25, 0.3) is 10.2 Å². The Morgan fingerprint density at radius 3 is 2.78 bits per heavy atom. The van der Waals surface area contributed by atoms with Crippen molar-refractivity contribution in [2.24, 2.45) is 4.99 Å². The van der Waals surface area contributed by atoms with E-state index in [0.717, 1.165) is 15.8 Å². The molecule has 0 spiro atoms. The number of halogens is 1. The number of hydrogen-bond acceptors (Lipinski definition) is 4. The van der Waals surface area contributed by atoms with Gasteiger partial charge in [-0.1, -0.05) is 35.1 Å². The fraction of sp³-hybridized carbons (Fsp3) is 0.300. The molecule has 0 atom stereocenters. The van der Waals surface area contributed by atoms with E-state index < -0.39 is 0 Å². The molecular weight excluding hydrogens is 384 g/mol. The Morgan fingerprint density at radius 2 is 2.04 bits per heavy atom. The molecule has 0 radical (unpaired) electrons. The fourth-order valence-electron chi connectivity index (χ4n) is 2.88. The van der Waals surface area contributed by atoms with E-state index in [0.29, 0.717) is 40.9 Å². The zero-order chi connectivity index (χ0) is 19.4. The standard InChI is InChI=1S/C20H21ClN2O3S/c1-4-26-12-11-23-18-13(2)15(21)9-10-17(18)27-20(23)22-19(24)14-7-5-6-8-16(14)25-3/h5-10H,4,11-12H2,1-3H3. The average molecular weight is 405 g/mol. The minimum absolute atomic E-state index is 0.340. The summed E-state index contributed by atoms with van der Waals surface area (Å²) in [5.41, 5.74) is 2.38. The van der Waals surface area contributed by atoms with Gasteiger partial charge >= 0.3 is 0 Å². The second kappa shape index (κ2) is 8.69. The van der Waals surface area contributed by atoms with Crippen LogP contribution in [0.15, 0.2) is 41.4 Å². The number of fused-ring (bicyclic) bond motifs is 1. The summed E-state index contributed by atoms with van der Waals surface area (Å²) in [5.74, 6) is 0.167. The maximum absolute atomic E-state index is 12.8. The number of para-hydroxylation sites is 1. The van der Waals surface area contributed by atoms with Gasteiger partial charge < -0.3 is 14.0 Å². The van der Waals surface area contributed by atoms with Crippen LogP contribution in [0, 0.1) is 6.92 Å². The Labute approximate surface area is 166 Å². The van der Waals surface area contributed by atoms with E-state index in [1.54, 1.807) is 25.3 Å². The van der Waals surface area contributed by atoms with Crippen LogP contribution in [0.5, 0.6) is 5.75 Å². The van der Waals surface area contributed by atoms with E-state index >= 15 is 0 Å². The maximum Gasteiger partial charge on any atom is 0.283 e. The minimum atomic E-state index is -0.340. The molecule has 0 saturated carbocycles.